The minimum atomic E-state index is 0.276. The fourth-order valence-corrected chi connectivity index (χ4v) is 1.72. The second-order valence-corrected chi connectivity index (χ2v) is 4.33. The van der Waals surface area contributed by atoms with E-state index in [9.17, 15) is 4.79 Å². The highest BCUT2D eigenvalue weighted by Crippen LogP contribution is 2.34. The number of nitrogens with zero attached hydrogens (tertiary/aromatic N) is 1. The van der Waals surface area contributed by atoms with Crippen molar-refractivity contribution in [2.24, 2.45) is 11.7 Å². The predicted molar refractivity (Wildman–Crippen MR) is 57.9 cm³/mol. The number of hydrogen-bond donors (Lipinski definition) is 1. The third-order valence-electron chi connectivity index (χ3n) is 3.15. The number of amides is 1. The number of rotatable bonds is 6. The van der Waals surface area contributed by atoms with Crippen LogP contribution in [0.3, 0.4) is 0 Å². The first-order valence-corrected chi connectivity index (χ1v) is 5.62. The lowest BCUT2D eigenvalue weighted by molar-refractivity contribution is -0.132. The molecule has 0 heterocycles. The number of unbranched alkanes of at least 4 members (excludes halogenated alkanes) is 1. The van der Waals surface area contributed by atoms with Crippen LogP contribution in [0, 0.1) is 5.92 Å². The molecule has 0 aromatic heterocycles. The van der Waals surface area contributed by atoms with E-state index in [-0.39, 0.29) is 5.91 Å². The molecule has 0 spiro atoms. The van der Waals surface area contributed by atoms with Gasteiger partial charge in [0, 0.05) is 19.5 Å². The van der Waals surface area contributed by atoms with Crippen molar-refractivity contribution in [1.29, 1.82) is 0 Å². The Morgan fingerprint density at radius 3 is 2.64 bits per heavy atom. The Labute approximate surface area is 86.6 Å². The second kappa shape index (κ2) is 5.35. The SMILES string of the molecule is CC(C1CC1)N(C)C(=O)CCCCN. The standard InChI is InChI=1S/C11H22N2O/c1-9(10-6-7-10)13(2)11(14)5-3-4-8-12/h9-10H,3-8,12H2,1-2H3. The van der Waals surface area contributed by atoms with Crippen LogP contribution in [0.5, 0.6) is 0 Å². The van der Waals surface area contributed by atoms with Gasteiger partial charge in [-0.2, -0.15) is 0 Å². The Bertz CT molecular complexity index is 190. The quantitative estimate of drug-likeness (QED) is 0.655. The lowest BCUT2D eigenvalue weighted by Gasteiger charge is -2.24. The van der Waals surface area contributed by atoms with Gasteiger partial charge in [0.2, 0.25) is 5.91 Å². The van der Waals surface area contributed by atoms with E-state index in [1.165, 1.54) is 12.8 Å². The summed E-state index contributed by atoms with van der Waals surface area (Å²) >= 11 is 0. The van der Waals surface area contributed by atoms with Gasteiger partial charge in [0.05, 0.1) is 0 Å². The maximum absolute atomic E-state index is 11.7. The van der Waals surface area contributed by atoms with Crippen molar-refractivity contribution >= 4 is 5.91 Å². The minimum absolute atomic E-state index is 0.276. The van der Waals surface area contributed by atoms with E-state index >= 15 is 0 Å². The topological polar surface area (TPSA) is 46.3 Å². The van der Waals surface area contributed by atoms with Gasteiger partial charge in [-0.15, -0.1) is 0 Å². The van der Waals surface area contributed by atoms with Crippen LogP contribution < -0.4 is 5.73 Å². The molecule has 3 heteroatoms. The van der Waals surface area contributed by atoms with Crippen LogP contribution in [0.4, 0.5) is 0 Å². The molecule has 0 aliphatic heterocycles. The lowest BCUT2D eigenvalue weighted by atomic mass is 10.1. The molecule has 82 valence electrons. The second-order valence-electron chi connectivity index (χ2n) is 4.33. The van der Waals surface area contributed by atoms with Crippen LogP contribution in [-0.2, 0) is 4.79 Å². The van der Waals surface area contributed by atoms with Crippen molar-refractivity contribution in [3.8, 4) is 0 Å². The maximum atomic E-state index is 11.7. The highest BCUT2D eigenvalue weighted by molar-refractivity contribution is 5.76. The molecule has 1 rings (SSSR count). The van der Waals surface area contributed by atoms with Crippen molar-refractivity contribution in [1.82, 2.24) is 4.90 Å². The molecule has 0 bridgehead atoms. The molecule has 1 atom stereocenters. The summed E-state index contributed by atoms with van der Waals surface area (Å²) in [6, 6.07) is 0.431. The minimum Gasteiger partial charge on any atom is -0.343 e. The molecule has 0 aromatic rings. The molecule has 0 saturated heterocycles. The molecule has 1 unspecified atom stereocenters. The van der Waals surface area contributed by atoms with Crippen molar-refractivity contribution in [2.75, 3.05) is 13.6 Å². The number of hydrogen-bond acceptors (Lipinski definition) is 2. The first-order valence-electron chi connectivity index (χ1n) is 5.62. The summed E-state index contributed by atoms with van der Waals surface area (Å²) in [5, 5.41) is 0. The Kier molecular flexibility index (Phi) is 4.39. The molecule has 0 radical (unpaired) electrons. The zero-order valence-corrected chi connectivity index (χ0v) is 9.33. The van der Waals surface area contributed by atoms with Crippen LogP contribution in [-0.4, -0.2) is 30.4 Å². The van der Waals surface area contributed by atoms with Gasteiger partial charge in [-0.1, -0.05) is 0 Å². The normalized spacial score (nSPS) is 17.9. The zero-order chi connectivity index (χ0) is 10.6. The molecule has 1 saturated carbocycles. The third kappa shape index (κ3) is 3.29. The monoisotopic (exact) mass is 198 g/mol. The van der Waals surface area contributed by atoms with Crippen LogP contribution in [0.2, 0.25) is 0 Å². The van der Waals surface area contributed by atoms with Gasteiger partial charge in [0.1, 0.15) is 0 Å². The summed E-state index contributed by atoms with van der Waals surface area (Å²) in [5.74, 6) is 1.04. The average molecular weight is 198 g/mol. The highest BCUT2D eigenvalue weighted by atomic mass is 16.2. The largest absolute Gasteiger partial charge is 0.343 e. The first-order chi connectivity index (χ1) is 6.66. The van der Waals surface area contributed by atoms with Gasteiger partial charge >= 0.3 is 0 Å². The fourth-order valence-electron chi connectivity index (χ4n) is 1.72. The molecule has 1 aliphatic carbocycles. The van der Waals surface area contributed by atoms with Gasteiger partial charge in [-0.25, -0.2) is 0 Å². The van der Waals surface area contributed by atoms with E-state index in [1.54, 1.807) is 0 Å². The maximum Gasteiger partial charge on any atom is 0.222 e. The van der Waals surface area contributed by atoms with E-state index in [0.29, 0.717) is 19.0 Å². The van der Waals surface area contributed by atoms with Crippen molar-refractivity contribution < 1.29 is 4.79 Å². The Morgan fingerprint density at radius 2 is 2.14 bits per heavy atom. The van der Waals surface area contributed by atoms with E-state index in [0.717, 1.165) is 18.8 Å². The van der Waals surface area contributed by atoms with Gasteiger partial charge < -0.3 is 10.6 Å². The van der Waals surface area contributed by atoms with Gasteiger partial charge in [-0.3, -0.25) is 4.79 Å². The van der Waals surface area contributed by atoms with E-state index in [1.807, 2.05) is 11.9 Å². The highest BCUT2D eigenvalue weighted by Gasteiger charge is 2.31. The molecule has 0 aromatic carbocycles. The predicted octanol–water partition coefficient (Wildman–Crippen LogP) is 1.37. The zero-order valence-electron chi connectivity index (χ0n) is 9.33. The summed E-state index contributed by atoms with van der Waals surface area (Å²) in [5.41, 5.74) is 5.38. The van der Waals surface area contributed by atoms with Crippen LogP contribution in [0.25, 0.3) is 0 Å². The van der Waals surface area contributed by atoms with Gasteiger partial charge in [0.25, 0.3) is 0 Å². The molecule has 1 amide bonds. The summed E-state index contributed by atoms with van der Waals surface area (Å²) in [7, 11) is 1.92. The van der Waals surface area contributed by atoms with Crippen molar-refractivity contribution in [3.05, 3.63) is 0 Å². The number of carbonyl (C=O) groups excluding carboxylic acids is 1. The Balaban J connectivity index is 2.20. The molecule has 14 heavy (non-hydrogen) atoms. The third-order valence-corrected chi connectivity index (χ3v) is 3.15. The smallest absolute Gasteiger partial charge is 0.222 e. The van der Waals surface area contributed by atoms with Crippen molar-refractivity contribution in [3.63, 3.8) is 0 Å². The molecule has 1 fully saturated rings. The summed E-state index contributed by atoms with van der Waals surface area (Å²) in [6.45, 7) is 2.84. The Morgan fingerprint density at radius 1 is 1.50 bits per heavy atom. The van der Waals surface area contributed by atoms with Crippen LogP contribution in [0.1, 0.15) is 39.0 Å². The molecule has 2 N–H and O–H groups in total. The van der Waals surface area contributed by atoms with E-state index in [4.69, 9.17) is 5.73 Å². The molecule has 3 nitrogen and oxygen atoms in total. The van der Waals surface area contributed by atoms with Gasteiger partial charge in [0.15, 0.2) is 0 Å². The van der Waals surface area contributed by atoms with Crippen LogP contribution in [0.15, 0.2) is 0 Å². The van der Waals surface area contributed by atoms with E-state index in [2.05, 4.69) is 6.92 Å². The van der Waals surface area contributed by atoms with E-state index < -0.39 is 0 Å². The molecular formula is C11H22N2O. The van der Waals surface area contributed by atoms with Crippen molar-refractivity contribution in [2.45, 2.75) is 45.1 Å². The summed E-state index contributed by atoms with van der Waals surface area (Å²) < 4.78 is 0. The molecular weight excluding hydrogens is 176 g/mol. The lowest BCUT2D eigenvalue weighted by Crippen LogP contribution is -2.36. The molecule has 1 aliphatic rings. The van der Waals surface area contributed by atoms with Crippen LogP contribution >= 0.6 is 0 Å². The fraction of sp³-hybridized carbons (Fsp3) is 0.909. The number of nitrogens with two attached hydrogens (primary N) is 1. The summed E-state index contributed by atoms with van der Waals surface area (Å²) in [6.07, 6.45) is 5.13. The average Bonchev–Trinajstić information content (AvgIpc) is 2.99. The first kappa shape index (κ1) is 11.5. The number of carbonyl (C=O) groups is 1. The Hall–Kier alpha value is -0.570. The van der Waals surface area contributed by atoms with Gasteiger partial charge in [-0.05, 0) is 45.1 Å². The summed E-state index contributed by atoms with van der Waals surface area (Å²) in [4.78, 5) is 13.6.